The van der Waals surface area contributed by atoms with Crippen LogP contribution in [0.15, 0.2) is 48.5 Å². The molecule has 0 atom stereocenters. The van der Waals surface area contributed by atoms with Crippen LogP contribution >= 0.6 is 0 Å². The lowest BCUT2D eigenvalue weighted by Crippen LogP contribution is -2.20. The molecular weight excluding hydrogens is 286 g/mol. The molecule has 0 heterocycles. The molecule has 0 unspecified atom stereocenters. The molecule has 6 nitrogen and oxygen atoms in total. The van der Waals surface area contributed by atoms with Gasteiger partial charge in [0, 0.05) is 11.8 Å². The third-order valence-corrected chi connectivity index (χ3v) is 2.80. The van der Waals surface area contributed by atoms with Crippen LogP contribution in [0, 0.1) is 0 Å². The van der Waals surface area contributed by atoms with E-state index >= 15 is 0 Å². The highest BCUT2D eigenvalue weighted by Gasteiger charge is 2.07. The van der Waals surface area contributed by atoms with Crippen LogP contribution in [0.4, 0.5) is 5.69 Å². The van der Waals surface area contributed by atoms with Crippen LogP contribution in [-0.2, 0) is 4.79 Å². The topological polar surface area (TPSA) is 84.9 Å². The Labute approximate surface area is 127 Å². The molecule has 6 heteroatoms. The van der Waals surface area contributed by atoms with Crippen LogP contribution in [0.1, 0.15) is 10.4 Å². The molecule has 2 rings (SSSR count). The summed E-state index contributed by atoms with van der Waals surface area (Å²) in [6.45, 7) is -0.222. The second-order valence-corrected chi connectivity index (χ2v) is 4.40. The predicted molar refractivity (Wildman–Crippen MR) is 80.5 cm³/mol. The van der Waals surface area contributed by atoms with Crippen molar-refractivity contribution >= 4 is 17.6 Å². The number of carbonyl (C=O) groups is 2. The first-order valence-electron chi connectivity index (χ1n) is 6.48. The molecule has 114 valence electrons. The summed E-state index contributed by atoms with van der Waals surface area (Å²) in [6.07, 6.45) is 0. The predicted octanol–water partition coefficient (Wildman–Crippen LogP) is 2.41. The lowest BCUT2D eigenvalue weighted by atomic mass is 10.2. The third kappa shape index (κ3) is 4.24. The third-order valence-electron chi connectivity index (χ3n) is 2.80. The van der Waals surface area contributed by atoms with E-state index in [1.165, 1.54) is 12.1 Å². The molecule has 0 aliphatic carbocycles. The maximum absolute atomic E-state index is 11.8. The number of rotatable bonds is 6. The van der Waals surface area contributed by atoms with E-state index in [1.807, 2.05) is 0 Å². The van der Waals surface area contributed by atoms with Crippen molar-refractivity contribution in [1.82, 2.24) is 0 Å². The first-order valence-corrected chi connectivity index (χ1v) is 6.48. The Kier molecular flexibility index (Phi) is 4.98. The number of benzene rings is 2. The van der Waals surface area contributed by atoms with Gasteiger partial charge in [0.25, 0.3) is 5.91 Å². The van der Waals surface area contributed by atoms with Gasteiger partial charge in [-0.15, -0.1) is 0 Å². The van der Waals surface area contributed by atoms with Gasteiger partial charge in [0.05, 0.1) is 12.7 Å². The van der Waals surface area contributed by atoms with Crippen molar-refractivity contribution in [3.63, 3.8) is 0 Å². The molecule has 0 spiro atoms. The quantitative estimate of drug-likeness (QED) is 0.856. The Morgan fingerprint density at radius 3 is 2.55 bits per heavy atom. The molecule has 1 amide bonds. The summed E-state index contributed by atoms with van der Waals surface area (Å²) in [7, 11) is 1.54. The minimum absolute atomic E-state index is 0.103. The van der Waals surface area contributed by atoms with Gasteiger partial charge in [0.2, 0.25) is 0 Å². The molecule has 2 aromatic carbocycles. The number of hydrogen-bond acceptors (Lipinski definition) is 4. The molecule has 0 aliphatic heterocycles. The van der Waals surface area contributed by atoms with Gasteiger partial charge in [-0.25, -0.2) is 4.79 Å². The number of carboxylic acids is 1. The summed E-state index contributed by atoms with van der Waals surface area (Å²) in [5, 5.41) is 11.5. The fraction of sp³-hybridized carbons (Fsp3) is 0.125. The summed E-state index contributed by atoms with van der Waals surface area (Å²) < 4.78 is 10.3. The van der Waals surface area contributed by atoms with E-state index in [2.05, 4.69) is 5.32 Å². The van der Waals surface area contributed by atoms with Crippen molar-refractivity contribution < 1.29 is 24.2 Å². The zero-order valence-corrected chi connectivity index (χ0v) is 11.9. The Morgan fingerprint density at radius 1 is 1.09 bits per heavy atom. The highest BCUT2D eigenvalue weighted by molar-refractivity contribution is 5.92. The number of aromatic carboxylic acids is 1. The molecule has 2 aromatic rings. The van der Waals surface area contributed by atoms with Crippen molar-refractivity contribution in [2.75, 3.05) is 19.0 Å². The first kappa shape index (κ1) is 15.4. The number of amides is 1. The van der Waals surface area contributed by atoms with Gasteiger partial charge in [-0.3, -0.25) is 4.79 Å². The molecular formula is C16H15NO5. The lowest BCUT2D eigenvalue weighted by molar-refractivity contribution is -0.118. The maximum Gasteiger partial charge on any atom is 0.335 e. The SMILES string of the molecule is COc1cccc(NC(=O)COc2cccc(C(=O)O)c2)c1. The largest absolute Gasteiger partial charge is 0.497 e. The second kappa shape index (κ2) is 7.12. The lowest BCUT2D eigenvalue weighted by Gasteiger charge is -2.09. The highest BCUT2D eigenvalue weighted by Crippen LogP contribution is 2.17. The zero-order chi connectivity index (χ0) is 15.9. The molecule has 0 bridgehead atoms. The minimum Gasteiger partial charge on any atom is -0.497 e. The number of hydrogen-bond donors (Lipinski definition) is 2. The number of methoxy groups -OCH3 is 1. The molecule has 0 fully saturated rings. The molecule has 0 aromatic heterocycles. The van der Waals surface area contributed by atoms with Gasteiger partial charge < -0.3 is 19.9 Å². The smallest absolute Gasteiger partial charge is 0.335 e. The minimum atomic E-state index is -1.05. The Balaban J connectivity index is 1.92. The van der Waals surface area contributed by atoms with E-state index in [0.717, 1.165) is 0 Å². The molecule has 0 saturated heterocycles. The zero-order valence-electron chi connectivity index (χ0n) is 11.9. The molecule has 0 saturated carbocycles. The first-order chi connectivity index (χ1) is 10.6. The average molecular weight is 301 g/mol. The van der Waals surface area contributed by atoms with Gasteiger partial charge >= 0.3 is 5.97 Å². The van der Waals surface area contributed by atoms with E-state index in [1.54, 1.807) is 43.5 Å². The van der Waals surface area contributed by atoms with Gasteiger partial charge in [-0.2, -0.15) is 0 Å². The van der Waals surface area contributed by atoms with Crippen LogP contribution in [0.25, 0.3) is 0 Å². The average Bonchev–Trinajstić information content (AvgIpc) is 2.53. The molecule has 0 radical (unpaired) electrons. The van der Waals surface area contributed by atoms with Gasteiger partial charge in [-0.1, -0.05) is 12.1 Å². The molecule has 0 aliphatic rings. The number of carbonyl (C=O) groups excluding carboxylic acids is 1. The monoisotopic (exact) mass is 301 g/mol. The summed E-state index contributed by atoms with van der Waals surface area (Å²) in [5.41, 5.74) is 0.693. The Bertz CT molecular complexity index is 684. The van der Waals surface area contributed by atoms with Crippen LogP contribution in [0.2, 0.25) is 0 Å². The van der Waals surface area contributed by atoms with E-state index in [4.69, 9.17) is 14.6 Å². The maximum atomic E-state index is 11.8. The standard InChI is InChI=1S/C16H15NO5/c1-21-13-6-3-5-12(9-13)17-15(18)10-22-14-7-2-4-11(8-14)16(19)20/h2-9H,10H2,1H3,(H,17,18)(H,19,20). The van der Waals surface area contributed by atoms with Crippen LogP contribution in [0.5, 0.6) is 11.5 Å². The van der Waals surface area contributed by atoms with Crippen molar-refractivity contribution in [2.24, 2.45) is 0 Å². The summed E-state index contributed by atoms with van der Waals surface area (Å²) in [4.78, 5) is 22.7. The molecule has 2 N–H and O–H groups in total. The normalized spacial score (nSPS) is 9.86. The fourth-order valence-electron chi connectivity index (χ4n) is 1.77. The number of nitrogens with one attached hydrogen (secondary N) is 1. The van der Waals surface area contributed by atoms with Crippen LogP contribution in [-0.4, -0.2) is 30.7 Å². The van der Waals surface area contributed by atoms with Gasteiger partial charge in [0.1, 0.15) is 11.5 Å². The number of anilines is 1. The van der Waals surface area contributed by atoms with Crippen molar-refractivity contribution in [3.8, 4) is 11.5 Å². The molecule has 22 heavy (non-hydrogen) atoms. The van der Waals surface area contributed by atoms with Crippen LogP contribution < -0.4 is 14.8 Å². The van der Waals surface area contributed by atoms with Crippen LogP contribution in [0.3, 0.4) is 0 Å². The highest BCUT2D eigenvalue weighted by atomic mass is 16.5. The summed E-state index contributed by atoms with van der Waals surface area (Å²) in [5.74, 6) is -0.450. The Morgan fingerprint density at radius 2 is 1.82 bits per heavy atom. The van der Waals surface area contributed by atoms with E-state index in [0.29, 0.717) is 17.2 Å². The Hall–Kier alpha value is -3.02. The van der Waals surface area contributed by atoms with E-state index in [-0.39, 0.29) is 18.1 Å². The fourth-order valence-corrected chi connectivity index (χ4v) is 1.77. The van der Waals surface area contributed by atoms with Crippen molar-refractivity contribution in [2.45, 2.75) is 0 Å². The van der Waals surface area contributed by atoms with Gasteiger partial charge in [-0.05, 0) is 30.3 Å². The summed E-state index contributed by atoms with van der Waals surface area (Å²) >= 11 is 0. The van der Waals surface area contributed by atoms with Crippen molar-refractivity contribution in [3.05, 3.63) is 54.1 Å². The van der Waals surface area contributed by atoms with E-state index < -0.39 is 5.97 Å². The number of carboxylic acid groups (broad SMARTS) is 1. The number of ether oxygens (including phenoxy) is 2. The van der Waals surface area contributed by atoms with Gasteiger partial charge in [0.15, 0.2) is 6.61 Å². The second-order valence-electron chi connectivity index (χ2n) is 4.40. The van der Waals surface area contributed by atoms with E-state index in [9.17, 15) is 9.59 Å². The summed E-state index contributed by atoms with van der Waals surface area (Å²) in [6, 6.07) is 12.9. The van der Waals surface area contributed by atoms with Crippen molar-refractivity contribution in [1.29, 1.82) is 0 Å².